The van der Waals surface area contributed by atoms with Crippen LogP contribution in [0.15, 0.2) is 48.5 Å². The van der Waals surface area contributed by atoms with Gasteiger partial charge in [-0.1, -0.05) is 30.3 Å². The molecule has 3 heteroatoms. The lowest BCUT2D eigenvalue weighted by atomic mass is 10.1. The van der Waals surface area contributed by atoms with E-state index in [9.17, 15) is 4.79 Å². The van der Waals surface area contributed by atoms with E-state index in [1.165, 1.54) is 0 Å². The van der Waals surface area contributed by atoms with E-state index in [0.717, 1.165) is 27.7 Å². The molecule has 0 atom stereocenters. The van der Waals surface area contributed by atoms with Gasteiger partial charge in [-0.15, -0.1) is 0 Å². The Bertz CT molecular complexity index is 896. The summed E-state index contributed by atoms with van der Waals surface area (Å²) in [5.41, 5.74) is 4.61. The van der Waals surface area contributed by atoms with Crippen LogP contribution in [0.4, 0.5) is 0 Å². The predicted molar refractivity (Wildman–Crippen MR) is 86.9 cm³/mol. The van der Waals surface area contributed by atoms with Gasteiger partial charge in [-0.3, -0.25) is 4.79 Å². The first-order chi connectivity index (χ1) is 10.6. The van der Waals surface area contributed by atoms with Crippen LogP contribution in [-0.4, -0.2) is 10.4 Å². The molecular formula is C19H16N2O. The maximum absolute atomic E-state index is 12.0. The molecule has 0 aliphatic rings. The van der Waals surface area contributed by atoms with Crippen molar-refractivity contribution in [2.75, 3.05) is 0 Å². The summed E-state index contributed by atoms with van der Waals surface area (Å²) in [6.45, 7) is 4.28. The van der Waals surface area contributed by atoms with Gasteiger partial charge in [0.2, 0.25) is 0 Å². The number of nitrogens with zero attached hydrogens (tertiary/aromatic N) is 2. The van der Waals surface area contributed by atoms with Gasteiger partial charge in [-0.05, 0) is 37.6 Å². The molecule has 0 unspecified atom stereocenters. The van der Waals surface area contributed by atoms with Crippen molar-refractivity contribution in [3.63, 3.8) is 0 Å². The Morgan fingerprint density at radius 2 is 1.82 bits per heavy atom. The third-order valence-corrected chi connectivity index (χ3v) is 4.01. The Morgan fingerprint density at radius 1 is 1.14 bits per heavy atom. The van der Waals surface area contributed by atoms with Crippen molar-refractivity contribution in [3.8, 4) is 6.07 Å². The van der Waals surface area contributed by atoms with Crippen molar-refractivity contribution < 1.29 is 4.79 Å². The molecule has 0 aliphatic carbocycles. The number of carbonyl (C=O) groups excluding carboxylic acids is 1. The molecule has 2 aromatic carbocycles. The van der Waals surface area contributed by atoms with Crippen molar-refractivity contribution in [2.45, 2.75) is 20.4 Å². The van der Waals surface area contributed by atoms with Crippen LogP contribution in [0.2, 0.25) is 0 Å². The van der Waals surface area contributed by atoms with E-state index in [2.05, 4.69) is 10.6 Å². The number of aromatic nitrogens is 1. The van der Waals surface area contributed by atoms with Crippen LogP contribution < -0.4 is 0 Å². The minimum Gasteiger partial charge on any atom is -0.340 e. The second-order valence-electron chi connectivity index (χ2n) is 5.43. The van der Waals surface area contributed by atoms with Crippen LogP contribution in [-0.2, 0) is 6.54 Å². The number of hydrogen-bond donors (Lipinski definition) is 0. The van der Waals surface area contributed by atoms with E-state index in [1.807, 2.05) is 55.5 Å². The van der Waals surface area contributed by atoms with E-state index < -0.39 is 0 Å². The lowest BCUT2D eigenvalue weighted by molar-refractivity contribution is 0.101. The van der Waals surface area contributed by atoms with Crippen LogP contribution in [0.1, 0.15) is 34.1 Å². The van der Waals surface area contributed by atoms with Gasteiger partial charge >= 0.3 is 0 Å². The number of nitriles is 1. The zero-order chi connectivity index (χ0) is 15.7. The third kappa shape index (κ3) is 2.29. The SMILES string of the molecule is CC(=O)c1c(C)n(Cc2ccc(C#N)cc2)c2ccccc12. The van der Waals surface area contributed by atoms with E-state index in [4.69, 9.17) is 5.26 Å². The summed E-state index contributed by atoms with van der Waals surface area (Å²) < 4.78 is 2.16. The molecule has 108 valence electrons. The third-order valence-electron chi connectivity index (χ3n) is 4.01. The lowest BCUT2D eigenvalue weighted by Gasteiger charge is -2.09. The number of para-hydroxylation sites is 1. The first kappa shape index (κ1) is 14.1. The van der Waals surface area contributed by atoms with Crippen molar-refractivity contribution >= 4 is 16.7 Å². The fraction of sp³-hybridized carbons (Fsp3) is 0.158. The van der Waals surface area contributed by atoms with Crippen molar-refractivity contribution in [2.24, 2.45) is 0 Å². The summed E-state index contributed by atoms with van der Waals surface area (Å²) in [5, 5.41) is 9.88. The minimum atomic E-state index is 0.0901. The molecule has 0 aliphatic heterocycles. The standard InChI is InChI=1S/C19H16N2O/c1-13-19(14(2)22)17-5-3-4-6-18(17)21(13)12-16-9-7-15(11-20)8-10-16/h3-10H,12H2,1-2H3. The normalized spacial score (nSPS) is 10.6. The van der Waals surface area contributed by atoms with Crippen LogP contribution >= 0.6 is 0 Å². The highest BCUT2D eigenvalue weighted by atomic mass is 16.1. The number of ketones is 1. The second kappa shape index (κ2) is 5.50. The number of fused-ring (bicyclic) bond motifs is 1. The number of Topliss-reactive ketones (excluding diaryl/α,β-unsaturated/α-hetero) is 1. The smallest absolute Gasteiger partial charge is 0.162 e. The summed E-state index contributed by atoms with van der Waals surface area (Å²) in [4.78, 5) is 12.0. The monoisotopic (exact) mass is 288 g/mol. The molecule has 0 bridgehead atoms. The molecule has 3 rings (SSSR count). The van der Waals surface area contributed by atoms with Gasteiger partial charge in [0.15, 0.2) is 5.78 Å². The fourth-order valence-electron chi connectivity index (χ4n) is 2.95. The van der Waals surface area contributed by atoms with Gasteiger partial charge in [-0.2, -0.15) is 5.26 Å². The summed E-state index contributed by atoms with van der Waals surface area (Å²) in [5.74, 6) is 0.0901. The molecular weight excluding hydrogens is 272 g/mol. The Labute approximate surface area is 129 Å². The van der Waals surface area contributed by atoms with Crippen LogP contribution in [0.3, 0.4) is 0 Å². The van der Waals surface area contributed by atoms with Crippen LogP contribution in [0.5, 0.6) is 0 Å². The molecule has 1 heterocycles. The summed E-state index contributed by atoms with van der Waals surface area (Å²) in [6, 6.07) is 17.7. The number of benzene rings is 2. The first-order valence-corrected chi connectivity index (χ1v) is 7.19. The Hall–Kier alpha value is -2.86. The molecule has 1 aromatic heterocycles. The minimum absolute atomic E-state index is 0.0901. The maximum Gasteiger partial charge on any atom is 0.162 e. The summed E-state index contributed by atoms with van der Waals surface area (Å²) in [6.07, 6.45) is 0. The van der Waals surface area contributed by atoms with E-state index in [-0.39, 0.29) is 5.78 Å². The quantitative estimate of drug-likeness (QED) is 0.682. The Balaban J connectivity index is 2.12. The van der Waals surface area contributed by atoms with Gasteiger partial charge in [0.1, 0.15) is 0 Å². The topological polar surface area (TPSA) is 45.8 Å². The average Bonchev–Trinajstić information content (AvgIpc) is 2.81. The molecule has 22 heavy (non-hydrogen) atoms. The molecule has 0 amide bonds. The van der Waals surface area contributed by atoms with Gasteiger partial charge in [0, 0.05) is 28.7 Å². The van der Waals surface area contributed by atoms with Crippen molar-refractivity contribution in [3.05, 3.63) is 70.9 Å². The first-order valence-electron chi connectivity index (χ1n) is 7.19. The van der Waals surface area contributed by atoms with Gasteiger partial charge in [-0.25, -0.2) is 0 Å². The highest BCUT2D eigenvalue weighted by Crippen LogP contribution is 2.27. The van der Waals surface area contributed by atoms with Gasteiger partial charge in [0.25, 0.3) is 0 Å². The average molecular weight is 288 g/mol. The zero-order valence-electron chi connectivity index (χ0n) is 12.6. The fourth-order valence-corrected chi connectivity index (χ4v) is 2.95. The molecule has 0 N–H and O–H groups in total. The molecule has 0 saturated heterocycles. The lowest BCUT2D eigenvalue weighted by Crippen LogP contribution is -2.03. The molecule has 3 nitrogen and oxygen atoms in total. The predicted octanol–water partition coefficient (Wildman–Crippen LogP) is 4.07. The second-order valence-corrected chi connectivity index (χ2v) is 5.43. The van der Waals surface area contributed by atoms with E-state index in [1.54, 1.807) is 6.92 Å². The zero-order valence-corrected chi connectivity index (χ0v) is 12.6. The van der Waals surface area contributed by atoms with E-state index in [0.29, 0.717) is 12.1 Å². The Kier molecular flexibility index (Phi) is 3.52. The molecule has 0 spiro atoms. The largest absolute Gasteiger partial charge is 0.340 e. The summed E-state index contributed by atoms with van der Waals surface area (Å²) >= 11 is 0. The highest BCUT2D eigenvalue weighted by Gasteiger charge is 2.16. The molecule has 0 fully saturated rings. The molecule has 0 radical (unpaired) electrons. The number of carbonyl (C=O) groups is 1. The Morgan fingerprint density at radius 3 is 2.45 bits per heavy atom. The molecule has 0 saturated carbocycles. The van der Waals surface area contributed by atoms with Gasteiger partial charge < -0.3 is 4.57 Å². The van der Waals surface area contributed by atoms with Gasteiger partial charge in [0.05, 0.1) is 11.6 Å². The van der Waals surface area contributed by atoms with Crippen molar-refractivity contribution in [1.29, 1.82) is 5.26 Å². The molecule has 3 aromatic rings. The van der Waals surface area contributed by atoms with Crippen molar-refractivity contribution in [1.82, 2.24) is 4.57 Å². The highest BCUT2D eigenvalue weighted by molar-refractivity contribution is 6.08. The maximum atomic E-state index is 12.0. The van der Waals surface area contributed by atoms with Crippen LogP contribution in [0.25, 0.3) is 10.9 Å². The number of hydrogen-bond acceptors (Lipinski definition) is 2. The van der Waals surface area contributed by atoms with E-state index >= 15 is 0 Å². The number of rotatable bonds is 3. The summed E-state index contributed by atoms with van der Waals surface area (Å²) in [7, 11) is 0. The van der Waals surface area contributed by atoms with Crippen LogP contribution in [0, 0.1) is 18.3 Å².